The van der Waals surface area contributed by atoms with Crippen LogP contribution in [-0.4, -0.2) is 23.0 Å². The summed E-state index contributed by atoms with van der Waals surface area (Å²) in [5, 5.41) is 2.65. The highest BCUT2D eigenvalue weighted by Gasteiger charge is 2.38. The summed E-state index contributed by atoms with van der Waals surface area (Å²) in [6.07, 6.45) is -4.68. The van der Waals surface area contributed by atoms with Crippen molar-refractivity contribution in [3.05, 3.63) is 45.2 Å². The number of benzene rings is 1. The van der Waals surface area contributed by atoms with E-state index >= 15 is 0 Å². The second kappa shape index (κ2) is 7.04. The Labute approximate surface area is 154 Å². The van der Waals surface area contributed by atoms with E-state index in [0.29, 0.717) is 22.8 Å². The molecule has 0 spiro atoms. The predicted molar refractivity (Wildman–Crippen MR) is 93.9 cm³/mol. The van der Waals surface area contributed by atoms with Crippen molar-refractivity contribution in [2.75, 3.05) is 12.4 Å². The van der Waals surface area contributed by atoms with Gasteiger partial charge in [0.1, 0.15) is 10.6 Å². The Balaban J connectivity index is 1.83. The highest BCUT2D eigenvalue weighted by Crippen LogP contribution is 2.34. The molecule has 0 fully saturated rings. The molecule has 1 amide bonds. The molecule has 5 nitrogen and oxygen atoms in total. The van der Waals surface area contributed by atoms with Crippen molar-refractivity contribution in [1.82, 2.24) is 9.97 Å². The van der Waals surface area contributed by atoms with Crippen molar-refractivity contribution >= 4 is 33.7 Å². The lowest BCUT2D eigenvalue weighted by Crippen LogP contribution is -2.17. The first-order valence-corrected chi connectivity index (χ1v) is 8.93. The van der Waals surface area contributed by atoms with Crippen LogP contribution < -0.4 is 10.1 Å². The minimum absolute atomic E-state index is 0.222. The molecule has 0 aliphatic rings. The number of hydrogen-bond acceptors (Lipinski definition) is 6. The van der Waals surface area contributed by atoms with E-state index in [4.69, 9.17) is 4.74 Å². The quantitative estimate of drug-likeness (QED) is 0.681. The largest absolute Gasteiger partial charge is 0.497 e. The van der Waals surface area contributed by atoms with Crippen molar-refractivity contribution in [1.29, 1.82) is 0 Å². The zero-order chi connectivity index (χ0) is 18.9. The number of alkyl halides is 3. The van der Waals surface area contributed by atoms with Crippen molar-refractivity contribution < 1.29 is 22.7 Å². The summed E-state index contributed by atoms with van der Waals surface area (Å²) < 4.78 is 43.7. The third-order valence-corrected chi connectivity index (χ3v) is 5.13. The van der Waals surface area contributed by atoms with Crippen LogP contribution in [0.3, 0.4) is 0 Å². The first-order valence-electron chi connectivity index (χ1n) is 7.23. The van der Waals surface area contributed by atoms with Crippen LogP contribution in [0, 0.1) is 6.92 Å². The summed E-state index contributed by atoms with van der Waals surface area (Å²) >= 11 is 1.82. The van der Waals surface area contributed by atoms with Crippen LogP contribution in [-0.2, 0) is 6.18 Å². The van der Waals surface area contributed by atoms with Crippen molar-refractivity contribution in [3.63, 3.8) is 0 Å². The van der Waals surface area contributed by atoms with E-state index < -0.39 is 22.7 Å². The first-order chi connectivity index (χ1) is 12.3. The third kappa shape index (κ3) is 3.70. The van der Waals surface area contributed by atoms with Gasteiger partial charge in [0.25, 0.3) is 5.91 Å². The molecule has 10 heteroatoms. The standard InChI is InChI=1S/C16H12F3N3O2S2/c1-8-11(9-3-5-10(24-2)6-4-9)21-15(26-8)22-14(23)12-13(16(17,18)19)20-7-25-12/h3-7H,1-2H3,(H,21,22,23). The van der Waals surface area contributed by atoms with Gasteiger partial charge in [0.15, 0.2) is 10.8 Å². The Kier molecular flexibility index (Phi) is 4.97. The summed E-state index contributed by atoms with van der Waals surface area (Å²) in [6, 6.07) is 7.19. The predicted octanol–water partition coefficient (Wildman–Crippen LogP) is 4.85. The Hall–Kier alpha value is -2.46. The lowest BCUT2D eigenvalue weighted by atomic mass is 10.1. The fourth-order valence-corrected chi connectivity index (χ4v) is 3.76. The smallest absolute Gasteiger partial charge is 0.434 e. The van der Waals surface area contributed by atoms with Crippen molar-refractivity contribution in [2.24, 2.45) is 0 Å². The van der Waals surface area contributed by atoms with E-state index in [1.165, 1.54) is 11.3 Å². The minimum Gasteiger partial charge on any atom is -0.497 e. The molecule has 0 aliphatic carbocycles. The molecule has 2 heterocycles. The molecular formula is C16H12F3N3O2S2. The van der Waals surface area contributed by atoms with Gasteiger partial charge in [-0.15, -0.1) is 22.7 Å². The van der Waals surface area contributed by atoms with Gasteiger partial charge in [-0.3, -0.25) is 10.1 Å². The van der Waals surface area contributed by atoms with Crippen molar-refractivity contribution in [2.45, 2.75) is 13.1 Å². The van der Waals surface area contributed by atoms with Gasteiger partial charge in [0, 0.05) is 10.4 Å². The molecule has 0 aliphatic heterocycles. The molecule has 3 rings (SSSR count). The van der Waals surface area contributed by atoms with Crippen LogP contribution in [0.15, 0.2) is 29.8 Å². The van der Waals surface area contributed by atoms with E-state index in [9.17, 15) is 18.0 Å². The Bertz CT molecular complexity index is 933. The zero-order valence-corrected chi connectivity index (χ0v) is 15.2. The van der Waals surface area contributed by atoms with Gasteiger partial charge in [-0.05, 0) is 31.2 Å². The second-order valence-electron chi connectivity index (χ2n) is 5.13. The molecule has 1 aromatic carbocycles. The number of rotatable bonds is 4. The number of anilines is 1. The van der Waals surface area contributed by atoms with Crippen LogP contribution in [0.1, 0.15) is 20.2 Å². The maximum Gasteiger partial charge on any atom is 0.434 e. The SMILES string of the molecule is COc1ccc(-c2nc(NC(=O)c3scnc3C(F)(F)F)sc2C)cc1. The molecule has 0 radical (unpaired) electrons. The summed E-state index contributed by atoms with van der Waals surface area (Å²) in [4.78, 5) is 20.1. The number of amides is 1. The number of halogens is 3. The maximum absolute atomic E-state index is 12.9. The number of thiazole rings is 2. The average molecular weight is 399 g/mol. The van der Waals surface area contributed by atoms with E-state index in [1.54, 1.807) is 19.2 Å². The van der Waals surface area contributed by atoms with Gasteiger partial charge in [-0.2, -0.15) is 13.2 Å². The second-order valence-corrected chi connectivity index (χ2v) is 7.19. The number of hydrogen-bond donors (Lipinski definition) is 1. The fraction of sp³-hybridized carbons (Fsp3) is 0.188. The Morgan fingerprint density at radius 3 is 2.54 bits per heavy atom. The lowest BCUT2D eigenvalue weighted by molar-refractivity contribution is -0.141. The summed E-state index contributed by atoms with van der Waals surface area (Å²) in [5.74, 6) is -0.185. The molecule has 1 N–H and O–H groups in total. The fourth-order valence-electron chi connectivity index (χ4n) is 2.23. The zero-order valence-electron chi connectivity index (χ0n) is 13.5. The topological polar surface area (TPSA) is 64.1 Å². The van der Waals surface area contributed by atoms with Gasteiger partial charge in [0.2, 0.25) is 0 Å². The maximum atomic E-state index is 12.9. The highest BCUT2D eigenvalue weighted by atomic mass is 32.1. The monoisotopic (exact) mass is 399 g/mol. The summed E-state index contributed by atoms with van der Waals surface area (Å²) in [6.45, 7) is 1.82. The van der Waals surface area contributed by atoms with Crippen LogP contribution in [0.25, 0.3) is 11.3 Å². The van der Waals surface area contributed by atoms with Crippen LogP contribution in [0.2, 0.25) is 0 Å². The lowest BCUT2D eigenvalue weighted by Gasteiger charge is -2.05. The number of methoxy groups -OCH3 is 1. The average Bonchev–Trinajstić information content (AvgIpc) is 3.21. The van der Waals surface area contributed by atoms with E-state index in [2.05, 4.69) is 15.3 Å². The number of carbonyl (C=O) groups excluding carboxylic acids is 1. The van der Waals surface area contributed by atoms with Gasteiger partial charge >= 0.3 is 6.18 Å². The van der Waals surface area contributed by atoms with Gasteiger partial charge in [-0.25, -0.2) is 9.97 Å². The van der Waals surface area contributed by atoms with Crippen LogP contribution in [0.4, 0.5) is 18.3 Å². The highest BCUT2D eigenvalue weighted by molar-refractivity contribution is 7.16. The van der Waals surface area contributed by atoms with E-state index in [0.717, 1.165) is 16.0 Å². The number of aromatic nitrogens is 2. The molecule has 0 atom stereocenters. The third-order valence-electron chi connectivity index (χ3n) is 3.42. The van der Waals surface area contributed by atoms with Gasteiger partial charge < -0.3 is 4.74 Å². The molecular weight excluding hydrogens is 387 g/mol. The molecule has 26 heavy (non-hydrogen) atoms. The summed E-state index contributed by atoms with van der Waals surface area (Å²) in [5.41, 5.74) is 1.26. The van der Waals surface area contributed by atoms with Gasteiger partial charge in [-0.1, -0.05) is 0 Å². The summed E-state index contributed by atoms with van der Waals surface area (Å²) in [7, 11) is 1.56. The molecule has 0 unspecified atom stereocenters. The van der Waals surface area contributed by atoms with Gasteiger partial charge in [0.05, 0.1) is 18.3 Å². The first kappa shape index (κ1) is 18.3. The number of aryl methyl sites for hydroxylation is 1. The number of ether oxygens (including phenoxy) is 1. The number of nitrogens with zero attached hydrogens (tertiary/aromatic N) is 2. The van der Waals surface area contributed by atoms with Crippen LogP contribution >= 0.6 is 22.7 Å². The Morgan fingerprint density at radius 1 is 1.23 bits per heavy atom. The molecule has 3 aromatic rings. The normalized spacial score (nSPS) is 11.4. The Morgan fingerprint density at radius 2 is 1.92 bits per heavy atom. The van der Waals surface area contributed by atoms with E-state index in [-0.39, 0.29) is 5.13 Å². The van der Waals surface area contributed by atoms with Crippen molar-refractivity contribution in [3.8, 4) is 17.0 Å². The van der Waals surface area contributed by atoms with Crippen LogP contribution in [0.5, 0.6) is 5.75 Å². The van der Waals surface area contributed by atoms with E-state index in [1.807, 2.05) is 19.1 Å². The number of nitrogens with one attached hydrogen (secondary N) is 1. The molecule has 0 saturated heterocycles. The molecule has 136 valence electrons. The number of carbonyl (C=O) groups is 1. The minimum atomic E-state index is -4.68. The molecule has 2 aromatic heterocycles. The molecule has 0 saturated carbocycles. The molecule has 0 bridgehead atoms.